The smallest absolute Gasteiger partial charge is 0.242 e. The van der Waals surface area contributed by atoms with Crippen LogP contribution in [0.3, 0.4) is 0 Å². The summed E-state index contributed by atoms with van der Waals surface area (Å²) in [6.07, 6.45) is 1.35. The third-order valence-corrected chi connectivity index (χ3v) is 4.77. The van der Waals surface area contributed by atoms with Gasteiger partial charge in [-0.15, -0.1) is 0 Å². The summed E-state index contributed by atoms with van der Waals surface area (Å²) >= 11 is 5.86. The fraction of sp³-hybridized carbons (Fsp3) is 0.462. The van der Waals surface area contributed by atoms with Gasteiger partial charge < -0.3 is 5.11 Å². The molecule has 0 spiro atoms. The van der Waals surface area contributed by atoms with Crippen molar-refractivity contribution in [1.29, 1.82) is 5.26 Å². The van der Waals surface area contributed by atoms with Crippen molar-refractivity contribution in [3.63, 3.8) is 0 Å². The predicted molar refractivity (Wildman–Crippen MR) is 76.8 cm³/mol. The van der Waals surface area contributed by atoms with Crippen LogP contribution in [0.15, 0.2) is 23.1 Å². The van der Waals surface area contributed by atoms with Crippen LogP contribution in [0.2, 0.25) is 5.02 Å². The molecule has 2 N–H and O–H groups in total. The molecular formula is C13H17ClN2O3S. The highest BCUT2D eigenvalue weighted by Crippen LogP contribution is 2.22. The Bertz CT molecular complexity index is 596. The summed E-state index contributed by atoms with van der Waals surface area (Å²) in [5, 5.41) is 17.8. The summed E-state index contributed by atoms with van der Waals surface area (Å²) in [6, 6.07) is 5.98. The summed E-state index contributed by atoms with van der Waals surface area (Å²) in [7, 11) is -3.72. The zero-order valence-corrected chi connectivity index (χ0v) is 12.7. The highest BCUT2D eigenvalue weighted by Gasteiger charge is 2.18. The highest BCUT2D eigenvalue weighted by atomic mass is 35.5. The molecule has 1 aromatic rings. The number of benzene rings is 1. The molecule has 7 heteroatoms. The Morgan fingerprint density at radius 3 is 2.80 bits per heavy atom. The quantitative estimate of drug-likeness (QED) is 0.752. The normalized spacial score (nSPS) is 12.9. The van der Waals surface area contributed by atoms with Crippen LogP contribution in [-0.2, 0) is 10.0 Å². The Kier molecular flexibility index (Phi) is 6.43. The lowest BCUT2D eigenvalue weighted by Crippen LogP contribution is -2.25. The van der Waals surface area contributed by atoms with Crippen LogP contribution in [0.1, 0.15) is 25.3 Å². The third kappa shape index (κ3) is 4.76. The van der Waals surface area contributed by atoms with E-state index in [-0.39, 0.29) is 34.6 Å². The van der Waals surface area contributed by atoms with Gasteiger partial charge in [-0.3, -0.25) is 0 Å². The molecule has 110 valence electrons. The first-order chi connectivity index (χ1) is 9.40. The van der Waals surface area contributed by atoms with Gasteiger partial charge in [-0.25, -0.2) is 13.1 Å². The summed E-state index contributed by atoms with van der Waals surface area (Å²) < 4.78 is 26.6. The Balaban J connectivity index is 2.72. The molecule has 0 aromatic heterocycles. The maximum atomic E-state index is 12.1. The first-order valence-electron chi connectivity index (χ1n) is 6.21. The number of rotatable bonds is 7. The molecule has 1 aromatic carbocycles. The Hall–Kier alpha value is -1.13. The lowest BCUT2D eigenvalue weighted by atomic mass is 10.1. The molecule has 1 unspecified atom stereocenters. The van der Waals surface area contributed by atoms with E-state index >= 15 is 0 Å². The lowest BCUT2D eigenvalue weighted by Gasteiger charge is -2.10. The van der Waals surface area contributed by atoms with E-state index in [1.807, 2.05) is 13.0 Å². The molecule has 0 aliphatic rings. The van der Waals surface area contributed by atoms with E-state index in [2.05, 4.69) is 4.72 Å². The van der Waals surface area contributed by atoms with Crippen molar-refractivity contribution >= 4 is 21.6 Å². The van der Waals surface area contributed by atoms with E-state index in [0.717, 1.165) is 6.42 Å². The largest absolute Gasteiger partial charge is 0.396 e. The molecule has 0 saturated carbocycles. The van der Waals surface area contributed by atoms with Crippen molar-refractivity contribution in [1.82, 2.24) is 4.72 Å². The minimum atomic E-state index is -3.72. The Labute approximate surface area is 124 Å². The Morgan fingerprint density at radius 2 is 2.20 bits per heavy atom. The van der Waals surface area contributed by atoms with Crippen molar-refractivity contribution in [2.45, 2.75) is 24.7 Å². The molecule has 1 rings (SSSR count). The number of nitrogens with one attached hydrogen (secondary N) is 1. The number of sulfonamides is 1. The topological polar surface area (TPSA) is 90.2 Å². The number of aliphatic hydroxyl groups excluding tert-OH is 1. The van der Waals surface area contributed by atoms with E-state index in [9.17, 15) is 8.42 Å². The number of aliphatic hydroxyl groups is 1. The van der Waals surface area contributed by atoms with Gasteiger partial charge >= 0.3 is 0 Å². The lowest BCUT2D eigenvalue weighted by molar-refractivity contribution is 0.228. The molecule has 0 amide bonds. The van der Waals surface area contributed by atoms with Gasteiger partial charge in [0.15, 0.2) is 0 Å². The number of nitriles is 1. The van der Waals surface area contributed by atoms with Gasteiger partial charge in [-0.2, -0.15) is 5.26 Å². The summed E-state index contributed by atoms with van der Waals surface area (Å²) in [6.45, 7) is 2.24. The number of nitrogens with zero attached hydrogens (tertiary/aromatic N) is 1. The van der Waals surface area contributed by atoms with Crippen LogP contribution in [0.25, 0.3) is 0 Å². The first-order valence-corrected chi connectivity index (χ1v) is 8.07. The van der Waals surface area contributed by atoms with Crippen molar-refractivity contribution in [3.05, 3.63) is 28.8 Å². The fourth-order valence-electron chi connectivity index (χ4n) is 1.60. The van der Waals surface area contributed by atoms with Crippen LogP contribution in [0, 0.1) is 17.2 Å². The fourth-order valence-corrected chi connectivity index (χ4v) is 3.20. The van der Waals surface area contributed by atoms with Crippen molar-refractivity contribution < 1.29 is 13.5 Å². The SMILES string of the molecule is CC(CO)CCCNS(=O)(=O)c1cc(C#N)ccc1Cl. The second kappa shape index (κ2) is 7.60. The van der Waals surface area contributed by atoms with E-state index in [1.165, 1.54) is 18.2 Å². The van der Waals surface area contributed by atoms with Gasteiger partial charge in [0.1, 0.15) is 4.90 Å². The molecule has 0 fully saturated rings. The van der Waals surface area contributed by atoms with Gasteiger partial charge in [-0.05, 0) is 37.0 Å². The van der Waals surface area contributed by atoms with Gasteiger partial charge in [0.25, 0.3) is 0 Å². The average Bonchev–Trinajstić information content (AvgIpc) is 2.43. The van der Waals surface area contributed by atoms with Gasteiger partial charge in [0.2, 0.25) is 10.0 Å². The molecule has 0 saturated heterocycles. The second-order valence-corrected chi connectivity index (χ2v) is 6.73. The van der Waals surface area contributed by atoms with Gasteiger partial charge in [-0.1, -0.05) is 18.5 Å². The van der Waals surface area contributed by atoms with Crippen LogP contribution in [0.5, 0.6) is 0 Å². The summed E-state index contributed by atoms with van der Waals surface area (Å²) in [5.41, 5.74) is 0.240. The van der Waals surface area contributed by atoms with Crippen molar-refractivity contribution in [3.8, 4) is 6.07 Å². The monoisotopic (exact) mass is 316 g/mol. The number of hydrogen-bond donors (Lipinski definition) is 2. The maximum absolute atomic E-state index is 12.1. The van der Waals surface area contributed by atoms with E-state index < -0.39 is 10.0 Å². The van der Waals surface area contributed by atoms with Gasteiger partial charge in [0.05, 0.1) is 16.7 Å². The standard InChI is InChI=1S/C13H17ClN2O3S/c1-10(9-17)3-2-6-16-20(18,19)13-7-11(8-15)4-5-12(13)14/h4-5,7,10,16-17H,2-3,6,9H2,1H3. The van der Waals surface area contributed by atoms with Crippen molar-refractivity contribution in [2.75, 3.05) is 13.2 Å². The zero-order chi connectivity index (χ0) is 15.2. The molecule has 0 radical (unpaired) electrons. The van der Waals surface area contributed by atoms with Crippen LogP contribution in [-0.4, -0.2) is 26.7 Å². The molecule has 0 aliphatic carbocycles. The third-order valence-electron chi connectivity index (χ3n) is 2.83. The van der Waals surface area contributed by atoms with Crippen LogP contribution >= 0.6 is 11.6 Å². The molecule has 0 heterocycles. The minimum absolute atomic E-state index is 0.0835. The summed E-state index contributed by atoms with van der Waals surface area (Å²) in [4.78, 5) is -0.0894. The van der Waals surface area contributed by atoms with Gasteiger partial charge in [0, 0.05) is 13.2 Å². The minimum Gasteiger partial charge on any atom is -0.396 e. The van der Waals surface area contributed by atoms with E-state index in [4.69, 9.17) is 22.0 Å². The molecule has 5 nitrogen and oxygen atoms in total. The van der Waals surface area contributed by atoms with E-state index in [0.29, 0.717) is 6.42 Å². The van der Waals surface area contributed by atoms with Crippen molar-refractivity contribution in [2.24, 2.45) is 5.92 Å². The zero-order valence-electron chi connectivity index (χ0n) is 11.1. The molecular weight excluding hydrogens is 300 g/mol. The molecule has 1 atom stereocenters. The van der Waals surface area contributed by atoms with Crippen LogP contribution < -0.4 is 4.72 Å². The van der Waals surface area contributed by atoms with E-state index in [1.54, 1.807) is 0 Å². The number of hydrogen-bond acceptors (Lipinski definition) is 4. The predicted octanol–water partition coefficient (Wildman–Crippen LogP) is 1.90. The first kappa shape index (κ1) is 16.9. The number of halogens is 1. The summed E-state index contributed by atoms with van der Waals surface area (Å²) in [5.74, 6) is 0.144. The molecule has 20 heavy (non-hydrogen) atoms. The average molecular weight is 317 g/mol. The molecule has 0 bridgehead atoms. The Morgan fingerprint density at radius 1 is 1.50 bits per heavy atom. The maximum Gasteiger partial charge on any atom is 0.242 e. The second-order valence-electron chi connectivity index (χ2n) is 4.58. The highest BCUT2D eigenvalue weighted by molar-refractivity contribution is 7.89. The molecule has 0 aliphatic heterocycles. The van der Waals surface area contributed by atoms with Crippen LogP contribution in [0.4, 0.5) is 0 Å².